The van der Waals surface area contributed by atoms with Crippen LogP contribution in [-0.4, -0.2) is 8.76 Å². The molecule has 0 aliphatic carbocycles. The molecule has 12 heavy (non-hydrogen) atoms. The highest BCUT2D eigenvalue weighted by Gasteiger charge is 2.02. The Kier molecular flexibility index (Phi) is 2.78. The third-order valence-electron chi connectivity index (χ3n) is 1.24. The van der Waals surface area contributed by atoms with Crippen molar-refractivity contribution in [1.82, 2.24) is 0 Å². The number of aryl methyl sites for hydroxylation is 1. The van der Waals surface area contributed by atoms with Gasteiger partial charge in [0.15, 0.2) is 11.6 Å². The van der Waals surface area contributed by atoms with Crippen molar-refractivity contribution in [3.63, 3.8) is 0 Å². The molecule has 1 aromatic rings. The van der Waals surface area contributed by atoms with Gasteiger partial charge in [0.05, 0.1) is 0 Å². The van der Waals surface area contributed by atoms with Gasteiger partial charge in [0, 0.05) is 0 Å². The molecule has 5 heteroatoms. The molecule has 0 aliphatic heterocycles. The lowest BCUT2D eigenvalue weighted by atomic mass is 10.2. The van der Waals surface area contributed by atoms with Gasteiger partial charge in [0.1, 0.15) is 11.4 Å². The quantitative estimate of drug-likeness (QED) is 0.659. The van der Waals surface area contributed by atoms with Crippen molar-refractivity contribution in [3.05, 3.63) is 29.6 Å². The van der Waals surface area contributed by atoms with Gasteiger partial charge in [-0.2, -0.15) is 0 Å². The van der Waals surface area contributed by atoms with Crippen molar-refractivity contribution in [3.8, 4) is 5.75 Å². The highest BCUT2D eigenvalue weighted by Crippen LogP contribution is 2.18. The van der Waals surface area contributed by atoms with Crippen LogP contribution >= 0.6 is 0 Å². The summed E-state index contributed by atoms with van der Waals surface area (Å²) in [7, 11) is 0. The minimum absolute atomic E-state index is 0.275. The maximum absolute atomic E-state index is 12.7. The van der Waals surface area contributed by atoms with E-state index in [0.29, 0.717) is 0 Å². The number of rotatable bonds is 2. The Morgan fingerprint density at radius 1 is 1.58 bits per heavy atom. The topological polar surface area (TPSA) is 49.4 Å². The van der Waals surface area contributed by atoms with Gasteiger partial charge < -0.3 is 8.74 Å². The van der Waals surface area contributed by atoms with Gasteiger partial charge in [-0.15, -0.1) is 0 Å². The zero-order valence-corrected chi connectivity index (χ0v) is 7.06. The van der Waals surface area contributed by atoms with Gasteiger partial charge in [-0.3, -0.25) is 0 Å². The van der Waals surface area contributed by atoms with Crippen LogP contribution in [0.25, 0.3) is 0 Å². The molecule has 66 valence electrons. The second-order valence-electron chi connectivity index (χ2n) is 2.22. The predicted octanol–water partition coefficient (Wildman–Crippen LogP) is 1.31. The van der Waals surface area contributed by atoms with Crippen LogP contribution in [0.3, 0.4) is 0 Å². The van der Waals surface area contributed by atoms with E-state index in [4.69, 9.17) is 0 Å². The monoisotopic (exact) mass is 189 g/mol. The van der Waals surface area contributed by atoms with Crippen LogP contribution in [0.2, 0.25) is 0 Å². The lowest BCUT2D eigenvalue weighted by Gasteiger charge is -2.07. The molecular formula is C7H6FO3S-. The van der Waals surface area contributed by atoms with Gasteiger partial charge in [-0.25, -0.2) is 8.60 Å². The Morgan fingerprint density at radius 2 is 2.25 bits per heavy atom. The van der Waals surface area contributed by atoms with E-state index in [0.717, 1.165) is 11.6 Å². The summed E-state index contributed by atoms with van der Waals surface area (Å²) < 4.78 is 37.0. The van der Waals surface area contributed by atoms with Crippen molar-refractivity contribution >= 4 is 11.4 Å². The molecule has 1 atom stereocenters. The first-order chi connectivity index (χ1) is 5.59. The van der Waals surface area contributed by atoms with E-state index in [1.807, 2.05) is 0 Å². The fourth-order valence-corrected chi connectivity index (χ4v) is 1.02. The number of hydrogen-bond acceptors (Lipinski definition) is 3. The Bertz CT molecular complexity index is 314. The van der Waals surface area contributed by atoms with E-state index in [2.05, 4.69) is 4.18 Å². The molecule has 0 saturated heterocycles. The Balaban J connectivity index is 2.97. The van der Waals surface area contributed by atoms with E-state index >= 15 is 0 Å². The van der Waals surface area contributed by atoms with E-state index in [1.165, 1.54) is 12.1 Å². The van der Waals surface area contributed by atoms with E-state index in [9.17, 15) is 13.2 Å². The molecule has 0 amide bonds. The SMILES string of the molecule is Cc1ccc(F)c(OS(=O)[O-])c1. The summed E-state index contributed by atoms with van der Waals surface area (Å²) >= 11 is -2.73. The first-order valence-electron chi connectivity index (χ1n) is 3.13. The average Bonchev–Trinajstić information content (AvgIpc) is 1.96. The molecule has 0 spiro atoms. The maximum Gasteiger partial charge on any atom is 0.175 e. The maximum atomic E-state index is 12.7. The molecule has 0 aliphatic rings. The van der Waals surface area contributed by atoms with Crippen LogP contribution in [0.5, 0.6) is 5.75 Å². The van der Waals surface area contributed by atoms with E-state index in [1.54, 1.807) is 6.92 Å². The molecule has 0 bridgehead atoms. The molecule has 1 aromatic carbocycles. The Morgan fingerprint density at radius 3 is 2.83 bits per heavy atom. The second-order valence-corrected chi connectivity index (χ2v) is 2.80. The molecule has 0 fully saturated rings. The lowest BCUT2D eigenvalue weighted by molar-refractivity contribution is 0.425. The fraction of sp³-hybridized carbons (Fsp3) is 0.143. The van der Waals surface area contributed by atoms with Crippen molar-refractivity contribution < 1.29 is 17.3 Å². The molecule has 0 radical (unpaired) electrons. The van der Waals surface area contributed by atoms with Crippen molar-refractivity contribution in [2.75, 3.05) is 0 Å². The van der Waals surface area contributed by atoms with Gasteiger partial charge in [0.25, 0.3) is 0 Å². The van der Waals surface area contributed by atoms with Gasteiger partial charge in [-0.1, -0.05) is 6.07 Å². The molecule has 0 aromatic heterocycles. The molecule has 1 unspecified atom stereocenters. The standard InChI is InChI=1S/C7H7FO3S/c1-5-2-3-6(8)7(4-5)11-12(9)10/h2-4H,1H3,(H,9,10)/p-1. The van der Waals surface area contributed by atoms with Gasteiger partial charge in [-0.05, 0) is 24.6 Å². The lowest BCUT2D eigenvalue weighted by Crippen LogP contribution is -1.99. The van der Waals surface area contributed by atoms with Gasteiger partial charge in [0.2, 0.25) is 0 Å². The summed E-state index contributed by atoms with van der Waals surface area (Å²) in [4.78, 5) is 0. The van der Waals surface area contributed by atoms with Crippen LogP contribution in [0.1, 0.15) is 5.56 Å². The van der Waals surface area contributed by atoms with Crippen molar-refractivity contribution in [1.29, 1.82) is 0 Å². The summed E-state index contributed by atoms with van der Waals surface area (Å²) in [5, 5.41) is 0. The Hall–Kier alpha value is -0.940. The smallest absolute Gasteiger partial charge is 0.175 e. The largest absolute Gasteiger partial charge is 0.740 e. The third kappa shape index (κ3) is 2.28. The second kappa shape index (κ2) is 3.64. The first-order valence-corrected chi connectivity index (χ1v) is 4.13. The highest BCUT2D eigenvalue weighted by molar-refractivity contribution is 7.74. The van der Waals surface area contributed by atoms with Crippen LogP contribution in [0.4, 0.5) is 4.39 Å². The molecule has 0 saturated carbocycles. The van der Waals surface area contributed by atoms with E-state index in [-0.39, 0.29) is 5.75 Å². The first kappa shape index (κ1) is 9.15. The number of benzene rings is 1. The van der Waals surface area contributed by atoms with Gasteiger partial charge >= 0.3 is 0 Å². The third-order valence-corrected chi connectivity index (χ3v) is 1.56. The van der Waals surface area contributed by atoms with Crippen LogP contribution in [0.15, 0.2) is 18.2 Å². The van der Waals surface area contributed by atoms with E-state index < -0.39 is 17.2 Å². The van der Waals surface area contributed by atoms with Crippen molar-refractivity contribution in [2.45, 2.75) is 6.92 Å². The normalized spacial score (nSPS) is 12.6. The summed E-state index contributed by atoms with van der Waals surface area (Å²) in [5.41, 5.74) is 0.733. The zero-order chi connectivity index (χ0) is 9.14. The molecule has 0 heterocycles. The summed E-state index contributed by atoms with van der Waals surface area (Å²) in [5.74, 6) is -0.965. The van der Waals surface area contributed by atoms with Crippen LogP contribution in [0, 0.1) is 12.7 Å². The predicted molar refractivity (Wildman–Crippen MR) is 40.7 cm³/mol. The summed E-state index contributed by atoms with van der Waals surface area (Å²) in [6, 6.07) is 3.98. The molecule has 3 nitrogen and oxygen atoms in total. The summed E-state index contributed by atoms with van der Waals surface area (Å²) in [6.45, 7) is 1.71. The minimum atomic E-state index is -2.73. The highest BCUT2D eigenvalue weighted by atomic mass is 32.2. The zero-order valence-electron chi connectivity index (χ0n) is 6.24. The summed E-state index contributed by atoms with van der Waals surface area (Å²) in [6.07, 6.45) is 0. The average molecular weight is 189 g/mol. The minimum Gasteiger partial charge on any atom is -0.740 e. The van der Waals surface area contributed by atoms with Crippen molar-refractivity contribution in [2.24, 2.45) is 0 Å². The molecular weight excluding hydrogens is 183 g/mol. The number of hydrogen-bond donors (Lipinski definition) is 0. The molecule has 0 N–H and O–H groups in total. The van der Waals surface area contributed by atoms with Crippen LogP contribution in [-0.2, 0) is 11.4 Å². The fourth-order valence-electron chi connectivity index (χ4n) is 0.748. The van der Waals surface area contributed by atoms with Crippen LogP contribution < -0.4 is 4.18 Å². The Labute approximate surface area is 71.7 Å². The molecule has 1 rings (SSSR count). The number of halogens is 1.